The van der Waals surface area contributed by atoms with Crippen LogP contribution in [-0.4, -0.2) is 37.9 Å². The highest BCUT2D eigenvalue weighted by Crippen LogP contribution is 2.12. The molecule has 1 atom stereocenters. The van der Waals surface area contributed by atoms with Crippen molar-refractivity contribution >= 4 is 11.9 Å². The molecule has 0 rings (SSSR count). The van der Waals surface area contributed by atoms with Crippen LogP contribution in [0.2, 0.25) is 0 Å². The van der Waals surface area contributed by atoms with Gasteiger partial charge in [0.15, 0.2) is 6.10 Å². The van der Waals surface area contributed by atoms with Crippen LogP contribution < -0.4 is 0 Å². The maximum Gasteiger partial charge on any atom is 0.306 e. The molecule has 0 fully saturated rings. The van der Waals surface area contributed by atoms with Gasteiger partial charge in [0.25, 0.3) is 0 Å². The normalized spacial score (nSPS) is 13.5. The summed E-state index contributed by atoms with van der Waals surface area (Å²) in [4.78, 5) is 25.5. The summed E-state index contributed by atoms with van der Waals surface area (Å²) in [6, 6.07) is 0. The lowest BCUT2D eigenvalue weighted by Crippen LogP contribution is -2.30. The first-order valence-corrected chi connectivity index (χ1v) is 28.0. The number of esters is 2. The molecule has 5 heteroatoms. The van der Waals surface area contributed by atoms with Gasteiger partial charge in [0, 0.05) is 19.4 Å². The van der Waals surface area contributed by atoms with E-state index in [1.54, 1.807) is 0 Å². The highest BCUT2D eigenvalue weighted by atomic mass is 16.6. The summed E-state index contributed by atoms with van der Waals surface area (Å²) in [5, 5.41) is 0. The summed E-state index contributed by atoms with van der Waals surface area (Å²) in [6.07, 6.45) is 87.0. The second-order valence-electron chi connectivity index (χ2n) is 17.7. The summed E-state index contributed by atoms with van der Waals surface area (Å²) in [5.41, 5.74) is 0. The van der Waals surface area contributed by atoms with Crippen molar-refractivity contribution in [3.05, 3.63) is 158 Å². The zero-order chi connectivity index (χ0) is 50.6. The molecule has 0 bridgehead atoms. The van der Waals surface area contributed by atoms with Crippen molar-refractivity contribution in [1.82, 2.24) is 0 Å². The van der Waals surface area contributed by atoms with Crippen molar-refractivity contribution in [2.75, 3.05) is 19.8 Å². The quantitative estimate of drug-likeness (QED) is 0.0345. The van der Waals surface area contributed by atoms with Crippen molar-refractivity contribution in [3.63, 3.8) is 0 Å². The summed E-state index contributed by atoms with van der Waals surface area (Å²) >= 11 is 0. The molecular formula is C65H102O5. The third kappa shape index (κ3) is 56.1. The van der Waals surface area contributed by atoms with Crippen LogP contribution in [0.3, 0.4) is 0 Å². The van der Waals surface area contributed by atoms with E-state index in [2.05, 4.69) is 179 Å². The first-order chi connectivity index (χ1) is 34.6. The molecular weight excluding hydrogens is 861 g/mol. The molecule has 0 aliphatic heterocycles. The molecule has 0 heterocycles. The van der Waals surface area contributed by atoms with Crippen LogP contribution in [0.1, 0.15) is 213 Å². The van der Waals surface area contributed by atoms with Crippen LogP contribution in [0.15, 0.2) is 158 Å². The molecule has 0 amide bonds. The Bertz CT molecular complexity index is 1560. The standard InChI is InChI=1S/C65H102O5/c1-4-7-10-13-16-19-22-25-28-31-33-35-37-40-43-46-49-52-55-58-64(66)69-62-63(61-68-60-57-54-51-48-45-42-39-36-32-29-26-23-20-17-14-11-8-5-2)70-65(67)59-56-53-50-47-44-41-38-34-30-27-24-21-18-15-12-9-6-3/h7-12,16-21,25-30,33,35,38,40-41,43,47,50,63H,4-6,13-15,22-24,31-32,34,36-37,39,42,44-46,48-49,51-62H2,1-3H3/b10-7-,11-8-,12-9-,19-16-,20-17-,21-18-,28-25-,29-26-,30-27-,35-33-,41-38-,43-40-,50-47-. The topological polar surface area (TPSA) is 61.8 Å². The maximum atomic E-state index is 12.8. The Morgan fingerprint density at radius 3 is 1.00 bits per heavy atom. The van der Waals surface area contributed by atoms with Crippen LogP contribution in [0, 0.1) is 0 Å². The Balaban J connectivity index is 4.48. The third-order valence-corrected chi connectivity index (χ3v) is 11.0. The number of carbonyl (C=O) groups is 2. The van der Waals surface area contributed by atoms with E-state index in [4.69, 9.17) is 14.2 Å². The first kappa shape index (κ1) is 65.5. The largest absolute Gasteiger partial charge is 0.462 e. The van der Waals surface area contributed by atoms with E-state index in [1.807, 2.05) is 0 Å². The average molecular weight is 964 g/mol. The van der Waals surface area contributed by atoms with Gasteiger partial charge in [-0.2, -0.15) is 0 Å². The molecule has 0 aromatic heterocycles. The van der Waals surface area contributed by atoms with Crippen molar-refractivity contribution in [3.8, 4) is 0 Å². The highest BCUT2D eigenvalue weighted by Gasteiger charge is 2.17. The third-order valence-electron chi connectivity index (χ3n) is 11.0. The average Bonchev–Trinajstić information content (AvgIpc) is 3.36. The Labute approximate surface area is 431 Å². The van der Waals surface area contributed by atoms with Crippen LogP contribution in [0.5, 0.6) is 0 Å². The molecule has 5 nitrogen and oxygen atoms in total. The highest BCUT2D eigenvalue weighted by molar-refractivity contribution is 5.70. The fourth-order valence-corrected chi connectivity index (χ4v) is 7.00. The Morgan fingerprint density at radius 2 is 0.614 bits per heavy atom. The van der Waals surface area contributed by atoms with E-state index in [0.29, 0.717) is 25.9 Å². The van der Waals surface area contributed by atoms with Gasteiger partial charge < -0.3 is 14.2 Å². The molecule has 0 aromatic carbocycles. The number of unbranched alkanes of at least 4 members (excludes halogenated alkanes) is 12. The van der Waals surface area contributed by atoms with Gasteiger partial charge in [0.2, 0.25) is 0 Å². The molecule has 0 aromatic rings. The Morgan fingerprint density at radius 1 is 0.314 bits per heavy atom. The minimum atomic E-state index is -0.597. The van der Waals surface area contributed by atoms with Gasteiger partial charge in [-0.3, -0.25) is 9.59 Å². The van der Waals surface area contributed by atoms with Gasteiger partial charge in [-0.25, -0.2) is 0 Å². The second-order valence-corrected chi connectivity index (χ2v) is 17.7. The van der Waals surface area contributed by atoms with E-state index in [9.17, 15) is 9.59 Å². The number of ether oxygens (including phenoxy) is 3. The lowest BCUT2D eigenvalue weighted by Gasteiger charge is -2.18. The lowest BCUT2D eigenvalue weighted by atomic mass is 10.1. The molecule has 392 valence electrons. The van der Waals surface area contributed by atoms with Gasteiger partial charge in [-0.05, 0) is 135 Å². The smallest absolute Gasteiger partial charge is 0.306 e. The van der Waals surface area contributed by atoms with Crippen LogP contribution in [0.25, 0.3) is 0 Å². The van der Waals surface area contributed by atoms with Crippen molar-refractivity contribution in [2.45, 2.75) is 219 Å². The summed E-state index contributed by atoms with van der Waals surface area (Å²) in [6.45, 7) is 7.36. The predicted molar refractivity (Wildman–Crippen MR) is 306 cm³/mol. The molecule has 0 saturated carbocycles. The minimum absolute atomic E-state index is 0.0309. The molecule has 0 spiro atoms. The van der Waals surface area contributed by atoms with E-state index in [1.165, 1.54) is 44.9 Å². The van der Waals surface area contributed by atoms with Gasteiger partial charge in [0.1, 0.15) is 6.61 Å². The molecule has 1 unspecified atom stereocenters. The van der Waals surface area contributed by atoms with E-state index < -0.39 is 6.10 Å². The lowest BCUT2D eigenvalue weighted by molar-refractivity contribution is -0.162. The van der Waals surface area contributed by atoms with Crippen LogP contribution in [0.4, 0.5) is 0 Å². The van der Waals surface area contributed by atoms with E-state index in [0.717, 1.165) is 128 Å². The zero-order valence-corrected chi connectivity index (χ0v) is 45.0. The fraction of sp³-hybridized carbons (Fsp3) is 0.569. The monoisotopic (exact) mass is 963 g/mol. The van der Waals surface area contributed by atoms with Crippen molar-refractivity contribution in [1.29, 1.82) is 0 Å². The molecule has 0 aliphatic rings. The predicted octanol–water partition coefficient (Wildman–Crippen LogP) is 19.5. The van der Waals surface area contributed by atoms with E-state index >= 15 is 0 Å². The maximum absolute atomic E-state index is 12.8. The number of carbonyl (C=O) groups excluding carboxylic acids is 2. The molecule has 0 N–H and O–H groups in total. The number of hydrogen-bond acceptors (Lipinski definition) is 5. The molecule has 70 heavy (non-hydrogen) atoms. The second kappa shape index (κ2) is 58.8. The minimum Gasteiger partial charge on any atom is -0.462 e. The van der Waals surface area contributed by atoms with Gasteiger partial charge in [-0.1, -0.05) is 224 Å². The van der Waals surface area contributed by atoms with E-state index in [-0.39, 0.29) is 25.2 Å². The van der Waals surface area contributed by atoms with Crippen molar-refractivity contribution < 1.29 is 23.8 Å². The van der Waals surface area contributed by atoms with Crippen LogP contribution >= 0.6 is 0 Å². The summed E-state index contributed by atoms with van der Waals surface area (Å²) in [7, 11) is 0. The van der Waals surface area contributed by atoms with Gasteiger partial charge >= 0.3 is 11.9 Å². The molecule has 0 aliphatic carbocycles. The van der Waals surface area contributed by atoms with Crippen LogP contribution in [-0.2, 0) is 23.8 Å². The molecule has 0 saturated heterocycles. The number of hydrogen-bond donors (Lipinski definition) is 0. The fourth-order valence-electron chi connectivity index (χ4n) is 7.00. The van der Waals surface area contributed by atoms with Crippen molar-refractivity contribution in [2.24, 2.45) is 0 Å². The number of rotatable bonds is 49. The van der Waals surface area contributed by atoms with Gasteiger partial charge in [-0.15, -0.1) is 0 Å². The SMILES string of the molecule is CC/C=C\C/C=C\C/C=C\C/C=C\C/C=C\CCCCCC(=O)OCC(COCCCCCCCCCC/C=C\C/C=C\C/C=C\CC)OC(=O)CCC/C=C\C/C=C\C/C=C\C/C=C\C/C=C\CC. The summed E-state index contributed by atoms with van der Waals surface area (Å²) in [5.74, 6) is -0.518. The van der Waals surface area contributed by atoms with Gasteiger partial charge in [0.05, 0.1) is 6.61 Å². The Hall–Kier alpha value is -4.48. The zero-order valence-electron chi connectivity index (χ0n) is 45.0. The first-order valence-electron chi connectivity index (χ1n) is 28.0. The Kier molecular flexibility index (Phi) is 55.1. The number of allylic oxidation sites excluding steroid dienone is 26. The molecule has 0 radical (unpaired) electrons. The summed E-state index contributed by atoms with van der Waals surface area (Å²) < 4.78 is 17.4.